The SMILES string of the molecule is CC(C)(C)OC(=O)NC1(c2nc3ccc(-c4ccc(-c5ccc6c(ccc7[nH]c(C8CCCN8C(=O)O)nc76)c5)cc4)cc3[nH]2)CCC1. The first-order valence-electron chi connectivity index (χ1n) is 16.6. The van der Waals surface area contributed by atoms with Gasteiger partial charge in [-0.15, -0.1) is 0 Å². The van der Waals surface area contributed by atoms with Crippen LogP contribution in [0.25, 0.3) is 55.1 Å². The number of amides is 2. The summed E-state index contributed by atoms with van der Waals surface area (Å²) in [5.74, 6) is 1.48. The first-order valence-corrected chi connectivity index (χ1v) is 16.6. The van der Waals surface area contributed by atoms with E-state index >= 15 is 0 Å². The number of imidazole rings is 2. The van der Waals surface area contributed by atoms with Crippen molar-refractivity contribution < 1.29 is 19.4 Å². The zero-order chi connectivity index (χ0) is 33.2. The number of likely N-dealkylation sites (tertiary alicyclic amines) is 1. The molecule has 2 aliphatic rings. The second-order valence-corrected chi connectivity index (χ2v) is 14.1. The third-order valence-electron chi connectivity index (χ3n) is 9.73. The number of carbonyl (C=O) groups excluding carboxylic acids is 1. The number of carbonyl (C=O) groups is 2. The number of carboxylic acid groups (broad SMARTS) is 1. The van der Waals surface area contributed by atoms with E-state index in [9.17, 15) is 14.7 Å². The molecule has 3 heterocycles. The molecular formula is C38H38N6O4. The highest BCUT2D eigenvalue weighted by atomic mass is 16.6. The molecule has 2 fully saturated rings. The van der Waals surface area contributed by atoms with E-state index in [1.807, 2.05) is 32.9 Å². The lowest BCUT2D eigenvalue weighted by Gasteiger charge is -2.40. The number of nitrogens with zero attached hydrogens (tertiary/aromatic N) is 3. The van der Waals surface area contributed by atoms with E-state index in [4.69, 9.17) is 14.7 Å². The van der Waals surface area contributed by atoms with E-state index in [1.165, 1.54) is 4.90 Å². The van der Waals surface area contributed by atoms with Gasteiger partial charge in [-0.05, 0) is 105 Å². The number of fused-ring (bicyclic) bond motifs is 4. The Labute approximate surface area is 277 Å². The van der Waals surface area contributed by atoms with Gasteiger partial charge in [-0.1, -0.05) is 48.5 Å². The Morgan fingerprint density at radius 2 is 1.58 bits per heavy atom. The molecule has 0 radical (unpaired) electrons. The molecule has 2 amide bonds. The summed E-state index contributed by atoms with van der Waals surface area (Å²) in [6, 6.07) is 25.0. The quantitative estimate of drug-likeness (QED) is 0.149. The van der Waals surface area contributed by atoms with E-state index in [1.54, 1.807) is 0 Å². The molecule has 1 aliphatic heterocycles. The minimum Gasteiger partial charge on any atom is -0.465 e. The number of hydrogen-bond acceptors (Lipinski definition) is 5. The second kappa shape index (κ2) is 11.1. The van der Waals surface area contributed by atoms with Gasteiger partial charge in [0, 0.05) is 11.9 Å². The number of aromatic amines is 2. The lowest BCUT2D eigenvalue weighted by Crippen LogP contribution is -2.52. The number of H-pyrrole nitrogens is 2. The third kappa shape index (κ3) is 5.31. The molecule has 0 spiro atoms. The summed E-state index contributed by atoms with van der Waals surface area (Å²) in [5, 5.41) is 14.8. The summed E-state index contributed by atoms with van der Waals surface area (Å²) in [5.41, 5.74) is 6.84. The summed E-state index contributed by atoms with van der Waals surface area (Å²) in [6.07, 6.45) is 2.93. The van der Waals surface area contributed by atoms with Crippen molar-refractivity contribution in [3.05, 3.63) is 84.4 Å². The molecule has 1 saturated carbocycles. The molecule has 6 aromatic rings. The number of benzene rings is 4. The second-order valence-electron chi connectivity index (χ2n) is 14.1. The van der Waals surface area contributed by atoms with Crippen molar-refractivity contribution in [2.75, 3.05) is 6.54 Å². The van der Waals surface area contributed by atoms with E-state index in [0.717, 1.165) is 93.0 Å². The van der Waals surface area contributed by atoms with E-state index < -0.39 is 23.3 Å². The molecule has 1 saturated heterocycles. The maximum atomic E-state index is 12.6. The van der Waals surface area contributed by atoms with Crippen molar-refractivity contribution in [1.82, 2.24) is 30.2 Å². The Bertz CT molecular complexity index is 2210. The van der Waals surface area contributed by atoms with Crippen LogP contribution < -0.4 is 5.32 Å². The van der Waals surface area contributed by atoms with E-state index in [0.29, 0.717) is 12.4 Å². The number of alkyl carbamates (subject to hydrolysis) is 1. The highest BCUT2D eigenvalue weighted by molar-refractivity contribution is 6.05. The lowest BCUT2D eigenvalue weighted by molar-refractivity contribution is 0.0366. The van der Waals surface area contributed by atoms with Gasteiger partial charge < -0.3 is 25.1 Å². The molecule has 48 heavy (non-hydrogen) atoms. The largest absolute Gasteiger partial charge is 0.465 e. The van der Waals surface area contributed by atoms with Crippen molar-refractivity contribution in [2.24, 2.45) is 0 Å². The molecular weight excluding hydrogens is 604 g/mol. The van der Waals surface area contributed by atoms with Crippen LogP contribution >= 0.6 is 0 Å². The van der Waals surface area contributed by atoms with Crippen LogP contribution in [0.15, 0.2) is 72.8 Å². The molecule has 1 unspecified atom stereocenters. The molecule has 8 rings (SSSR count). The average molecular weight is 643 g/mol. The van der Waals surface area contributed by atoms with Crippen LogP contribution in [0.5, 0.6) is 0 Å². The summed E-state index contributed by atoms with van der Waals surface area (Å²) >= 11 is 0. The number of ether oxygens (including phenoxy) is 1. The minimum absolute atomic E-state index is 0.237. The van der Waals surface area contributed by atoms with Gasteiger partial charge in [0.2, 0.25) is 0 Å². The molecule has 0 bridgehead atoms. The Kier molecular flexibility index (Phi) is 6.94. The van der Waals surface area contributed by atoms with Crippen molar-refractivity contribution in [2.45, 2.75) is 70.1 Å². The number of aromatic nitrogens is 4. The zero-order valence-electron chi connectivity index (χ0n) is 27.3. The standard InChI is InChI=1S/C38H38N6O4/c1-37(2,3)48-35(45)43-38(17-5-18-38)34-40-28-15-12-25(21-30(28)41-34)23-9-7-22(8-10-23)24-11-14-27-26(20-24)13-16-29-32(27)42-33(39-29)31-6-4-19-44(31)36(46)47/h7-16,20-21,31H,4-6,17-19H2,1-3H3,(H,39,42)(H,40,41)(H,43,45)(H,46,47). The third-order valence-corrected chi connectivity index (χ3v) is 9.73. The Morgan fingerprint density at radius 3 is 2.27 bits per heavy atom. The van der Waals surface area contributed by atoms with Gasteiger partial charge in [-0.25, -0.2) is 19.6 Å². The minimum atomic E-state index is -0.902. The smallest absolute Gasteiger partial charge is 0.408 e. The van der Waals surface area contributed by atoms with Gasteiger partial charge in [0.25, 0.3) is 0 Å². The normalized spacial score (nSPS) is 17.6. The maximum absolute atomic E-state index is 12.6. The van der Waals surface area contributed by atoms with Crippen LogP contribution in [0, 0.1) is 0 Å². The van der Waals surface area contributed by atoms with Gasteiger partial charge in [0.15, 0.2) is 0 Å². The summed E-state index contributed by atoms with van der Waals surface area (Å²) in [4.78, 5) is 42.4. The van der Waals surface area contributed by atoms with Gasteiger partial charge in [-0.2, -0.15) is 0 Å². The first-order chi connectivity index (χ1) is 23.0. The van der Waals surface area contributed by atoms with E-state index in [-0.39, 0.29) is 6.04 Å². The molecule has 10 nitrogen and oxygen atoms in total. The fourth-order valence-corrected chi connectivity index (χ4v) is 7.16. The monoisotopic (exact) mass is 642 g/mol. The van der Waals surface area contributed by atoms with Gasteiger partial charge in [0.1, 0.15) is 22.8 Å². The molecule has 2 aromatic heterocycles. The van der Waals surface area contributed by atoms with Crippen LogP contribution in [0.1, 0.15) is 70.6 Å². The molecule has 1 atom stereocenters. The van der Waals surface area contributed by atoms with Gasteiger partial charge in [0.05, 0.1) is 28.1 Å². The van der Waals surface area contributed by atoms with Crippen molar-refractivity contribution in [1.29, 1.82) is 0 Å². The first kappa shape index (κ1) is 30.0. The molecule has 244 valence electrons. The number of rotatable bonds is 5. The van der Waals surface area contributed by atoms with Crippen molar-refractivity contribution in [3.8, 4) is 22.3 Å². The zero-order valence-corrected chi connectivity index (χ0v) is 27.3. The van der Waals surface area contributed by atoms with Crippen LogP contribution in [0.3, 0.4) is 0 Å². The van der Waals surface area contributed by atoms with Crippen LogP contribution in [-0.4, -0.2) is 54.3 Å². The summed E-state index contributed by atoms with van der Waals surface area (Å²) < 4.78 is 5.54. The van der Waals surface area contributed by atoms with Crippen LogP contribution in [0.4, 0.5) is 9.59 Å². The molecule has 4 N–H and O–H groups in total. The van der Waals surface area contributed by atoms with Crippen molar-refractivity contribution >= 4 is 45.0 Å². The Balaban J connectivity index is 1.03. The van der Waals surface area contributed by atoms with Crippen LogP contribution in [0.2, 0.25) is 0 Å². The fourth-order valence-electron chi connectivity index (χ4n) is 7.16. The van der Waals surface area contributed by atoms with Gasteiger partial charge in [-0.3, -0.25) is 4.90 Å². The number of hydrogen-bond donors (Lipinski definition) is 4. The Hall–Kier alpha value is -5.38. The summed E-state index contributed by atoms with van der Waals surface area (Å²) in [6.45, 7) is 6.12. The Morgan fingerprint density at radius 1 is 0.875 bits per heavy atom. The van der Waals surface area contributed by atoms with Crippen molar-refractivity contribution in [3.63, 3.8) is 0 Å². The summed E-state index contributed by atoms with van der Waals surface area (Å²) in [7, 11) is 0. The van der Waals surface area contributed by atoms with Gasteiger partial charge >= 0.3 is 12.2 Å². The molecule has 4 aromatic carbocycles. The maximum Gasteiger partial charge on any atom is 0.408 e. The molecule has 1 aliphatic carbocycles. The van der Waals surface area contributed by atoms with Crippen LogP contribution in [-0.2, 0) is 10.3 Å². The molecule has 10 heteroatoms. The fraction of sp³-hybridized carbons (Fsp3) is 0.316. The highest BCUT2D eigenvalue weighted by Gasteiger charge is 2.44. The average Bonchev–Trinajstić information content (AvgIpc) is 3.79. The predicted molar refractivity (Wildman–Crippen MR) is 186 cm³/mol. The van der Waals surface area contributed by atoms with E-state index in [2.05, 4.69) is 75.9 Å². The highest BCUT2D eigenvalue weighted by Crippen LogP contribution is 2.41. The lowest BCUT2D eigenvalue weighted by atomic mass is 9.76. The topological polar surface area (TPSA) is 136 Å². The predicted octanol–water partition coefficient (Wildman–Crippen LogP) is 8.65. The number of nitrogens with one attached hydrogen (secondary N) is 3.